The van der Waals surface area contributed by atoms with Gasteiger partial charge in [0.05, 0.1) is 11.8 Å². The smallest absolute Gasteiger partial charge is 0.316 e. The highest BCUT2D eigenvalue weighted by Gasteiger charge is 2.54. The molecule has 6 rings (SSSR count). The normalized spacial score (nSPS) is 16.8. The second kappa shape index (κ2) is 14.5. The van der Waals surface area contributed by atoms with E-state index >= 15 is 0 Å². The summed E-state index contributed by atoms with van der Waals surface area (Å²) in [6.45, 7) is 11.1. The van der Waals surface area contributed by atoms with Crippen molar-refractivity contribution in [2.75, 3.05) is 58.3 Å². The molecule has 49 heavy (non-hydrogen) atoms. The van der Waals surface area contributed by atoms with Crippen LogP contribution < -0.4 is 19.7 Å². The van der Waals surface area contributed by atoms with E-state index < -0.39 is 5.82 Å². The van der Waals surface area contributed by atoms with Gasteiger partial charge in [-0.15, -0.1) is 0 Å². The van der Waals surface area contributed by atoms with E-state index in [1.54, 1.807) is 30.1 Å². The lowest BCUT2D eigenvalue weighted by atomic mass is 9.61. The maximum Gasteiger partial charge on any atom is 0.316 e. The molecule has 1 spiro atoms. The van der Waals surface area contributed by atoms with Gasteiger partial charge in [-0.1, -0.05) is 0 Å². The fourth-order valence-electron chi connectivity index (χ4n) is 7.16. The molecule has 3 amide bonds. The molecule has 13 heteroatoms. The number of carbonyl (C=O) groups excluding carboxylic acids is 2. The largest absolute Gasteiger partial charge is 0.490 e. The highest BCUT2D eigenvalue weighted by Crippen LogP contribution is 2.52. The van der Waals surface area contributed by atoms with Gasteiger partial charge in [0.2, 0.25) is 0 Å². The quantitative estimate of drug-likeness (QED) is 0.265. The highest BCUT2D eigenvalue weighted by atomic mass is 19.1. The third kappa shape index (κ3) is 7.56. The molecule has 0 radical (unpaired) electrons. The first-order valence-corrected chi connectivity index (χ1v) is 17.2. The van der Waals surface area contributed by atoms with E-state index in [-0.39, 0.29) is 42.2 Å². The van der Waals surface area contributed by atoms with Crippen LogP contribution >= 0.6 is 0 Å². The predicted octanol–water partition coefficient (Wildman–Crippen LogP) is 4.99. The van der Waals surface area contributed by atoms with Crippen LogP contribution in [-0.4, -0.2) is 107 Å². The van der Waals surface area contributed by atoms with Crippen molar-refractivity contribution in [3.05, 3.63) is 65.6 Å². The summed E-state index contributed by atoms with van der Waals surface area (Å²) in [5, 5.41) is 2.94. The van der Waals surface area contributed by atoms with Crippen molar-refractivity contribution in [3.8, 4) is 17.2 Å². The lowest BCUT2D eigenvalue weighted by Gasteiger charge is -2.59. The maximum atomic E-state index is 14.3. The number of pyridine rings is 1. The molecule has 3 aromatic rings. The van der Waals surface area contributed by atoms with Crippen LogP contribution in [0.1, 0.15) is 63.1 Å². The minimum Gasteiger partial charge on any atom is -0.490 e. The molecule has 0 bridgehead atoms. The minimum atomic E-state index is -0.501. The Labute approximate surface area is 289 Å². The zero-order valence-electron chi connectivity index (χ0n) is 29.1. The molecule has 2 aliphatic heterocycles. The first kappa shape index (κ1) is 34.3. The van der Waals surface area contributed by atoms with Crippen LogP contribution in [0.25, 0.3) is 0 Å². The Balaban J connectivity index is 0.00000486. The Kier molecular flexibility index (Phi) is 10.2. The van der Waals surface area contributed by atoms with Crippen LogP contribution in [0.5, 0.6) is 17.2 Å². The number of anilines is 1. The number of aromatic nitrogens is 3. The highest BCUT2D eigenvalue weighted by molar-refractivity contribution is 5.97. The molecule has 0 atom stereocenters. The summed E-state index contributed by atoms with van der Waals surface area (Å²) in [5.41, 5.74) is 2.57. The van der Waals surface area contributed by atoms with Crippen molar-refractivity contribution in [1.82, 2.24) is 35.0 Å². The summed E-state index contributed by atoms with van der Waals surface area (Å²) in [6.07, 6.45) is 8.69. The van der Waals surface area contributed by atoms with Crippen molar-refractivity contribution < 1.29 is 24.9 Å². The molecule has 264 valence electrons. The number of hydrogen-bond donors (Lipinski definition) is 1. The van der Waals surface area contributed by atoms with Gasteiger partial charge in [0.15, 0.2) is 11.6 Å². The number of nitrogens with zero attached hydrogens (tertiary/aromatic N) is 7. The monoisotopic (exact) mass is 676 g/mol. The van der Waals surface area contributed by atoms with E-state index in [0.29, 0.717) is 24.7 Å². The number of nitrogens with one attached hydrogen (secondary N) is 1. The van der Waals surface area contributed by atoms with E-state index in [2.05, 4.69) is 30.1 Å². The first-order chi connectivity index (χ1) is 23.6. The number of carbonyl (C=O) groups is 2. The van der Waals surface area contributed by atoms with Gasteiger partial charge in [0, 0.05) is 96.7 Å². The Hall–Kier alpha value is -4.52. The van der Waals surface area contributed by atoms with Crippen LogP contribution in [0.2, 0.25) is 0 Å². The second-order valence-electron chi connectivity index (χ2n) is 13.9. The molecule has 2 fully saturated rings. The van der Waals surface area contributed by atoms with Crippen LogP contribution in [0, 0.1) is 11.2 Å². The first-order valence-electron chi connectivity index (χ1n) is 17.2. The molecular weight excluding hydrogens is 627 g/mol. The van der Waals surface area contributed by atoms with E-state index in [4.69, 9.17) is 9.47 Å². The average Bonchev–Trinajstić information content (AvgIpc) is 3.04. The zero-order valence-corrected chi connectivity index (χ0v) is 29.1. The predicted molar refractivity (Wildman–Crippen MR) is 186 cm³/mol. The Morgan fingerprint density at radius 3 is 2.67 bits per heavy atom. The maximum absolute atomic E-state index is 14.3. The second-order valence-corrected chi connectivity index (χ2v) is 13.9. The van der Waals surface area contributed by atoms with Gasteiger partial charge >= 0.3 is 6.03 Å². The van der Waals surface area contributed by atoms with E-state index in [1.165, 1.54) is 30.1 Å². The number of amides is 3. The number of ether oxygens (including phenoxy) is 2. The number of fused-ring (bicyclic) bond motifs is 1. The zero-order chi connectivity index (χ0) is 34.7. The number of benzene rings is 1. The van der Waals surface area contributed by atoms with E-state index in [1.807, 2.05) is 33.0 Å². The molecule has 1 aliphatic carbocycles. The van der Waals surface area contributed by atoms with Crippen molar-refractivity contribution in [3.63, 3.8) is 0 Å². The van der Waals surface area contributed by atoms with Gasteiger partial charge in [-0.05, 0) is 64.3 Å². The van der Waals surface area contributed by atoms with Gasteiger partial charge in [0.1, 0.15) is 29.7 Å². The van der Waals surface area contributed by atoms with Crippen LogP contribution in [0.3, 0.4) is 0 Å². The van der Waals surface area contributed by atoms with Crippen molar-refractivity contribution >= 4 is 17.8 Å². The molecular formula is C36H49FN8O4. The van der Waals surface area contributed by atoms with E-state index in [0.717, 1.165) is 69.9 Å². The van der Waals surface area contributed by atoms with Gasteiger partial charge in [0.25, 0.3) is 5.91 Å². The van der Waals surface area contributed by atoms with Crippen molar-refractivity contribution in [2.24, 2.45) is 5.41 Å². The molecule has 1 aromatic carbocycles. The average molecular weight is 677 g/mol. The lowest BCUT2D eigenvalue weighted by molar-refractivity contribution is -0.0352. The number of halogens is 1. The number of hydrogen-bond acceptors (Lipinski definition) is 9. The standard InChI is InChI=1S/C36H47FN8O4.H2/c1-6-45(24(2)3)34(46)27-16-25(37)8-9-30(27)49-32-19-38-23-41-33(32)44-21-36(22-44)17-26(18-36)48-31-10-13-39-29-11-15-43(20-28(29)31)14-7-12-40-35(47)42(4)5;/h8-10,13,16,19,23-24,26H,6-7,11-12,14-15,17-18,20-22H2,1-5H3,(H,40,47);1H. The fraction of sp³-hybridized carbons (Fsp3) is 0.528. The van der Waals surface area contributed by atoms with Gasteiger partial charge in [-0.2, -0.15) is 0 Å². The van der Waals surface area contributed by atoms with Crippen molar-refractivity contribution in [1.29, 1.82) is 0 Å². The molecule has 2 aromatic heterocycles. The number of urea groups is 1. The number of rotatable bonds is 12. The molecule has 1 saturated carbocycles. The summed E-state index contributed by atoms with van der Waals surface area (Å²) in [5.74, 6) is 1.46. The Morgan fingerprint density at radius 1 is 1.14 bits per heavy atom. The van der Waals surface area contributed by atoms with Gasteiger partial charge in [-0.25, -0.2) is 19.2 Å². The Morgan fingerprint density at radius 2 is 1.94 bits per heavy atom. The summed E-state index contributed by atoms with van der Waals surface area (Å²) in [6, 6.07) is 5.88. The van der Waals surface area contributed by atoms with Crippen LogP contribution in [-0.2, 0) is 13.0 Å². The van der Waals surface area contributed by atoms with E-state index in [9.17, 15) is 14.0 Å². The molecule has 12 nitrogen and oxygen atoms in total. The van der Waals surface area contributed by atoms with Gasteiger partial charge in [-0.3, -0.25) is 14.7 Å². The summed E-state index contributed by atoms with van der Waals surface area (Å²) >= 11 is 0. The van der Waals surface area contributed by atoms with Crippen LogP contribution in [0.15, 0.2) is 43.0 Å². The lowest BCUT2D eigenvalue weighted by Crippen LogP contribution is -2.65. The SMILES string of the molecule is CCN(C(=O)c1cc(F)ccc1Oc1cncnc1N1CC2(CC(Oc3ccnc4c3CN(CCCNC(=O)N(C)C)CC4)C2)C1)C(C)C.[HH]. The van der Waals surface area contributed by atoms with Gasteiger partial charge < -0.3 is 29.5 Å². The summed E-state index contributed by atoms with van der Waals surface area (Å²) < 4.78 is 27.1. The minimum absolute atomic E-state index is 0. The van der Waals surface area contributed by atoms with Crippen molar-refractivity contribution in [2.45, 2.75) is 65.1 Å². The molecule has 3 aliphatic rings. The summed E-state index contributed by atoms with van der Waals surface area (Å²) in [4.78, 5) is 46.3. The third-order valence-electron chi connectivity index (χ3n) is 9.72. The topological polar surface area (TPSA) is 116 Å². The molecule has 4 heterocycles. The fourth-order valence-corrected chi connectivity index (χ4v) is 7.16. The Bertz CT molecular complexity index is 1660. The molecule has 1 saturated heterocycles. The molecule has 1 N–H and O–H groups in total. The van der Waals surface area contributed by atoms with Crippen LogP contribution in [0.4, 0.5) is 15.0 Å². The summed E-state index contributed by atoms with van der Waals surface area (Å²) in [7, 11) is 3.48. The molecule has 0 unspecified atom stereocenters. The third-order valence-corrected chi connectivity index (χ3v) is 9.72.